The molecule has 0 fully saturated rings. The van der Waals surface area contributed by atoms with Crippen molar-refractivity contribution in [3.8, 4) is 5.75 Å². The molecule has 1 amide bonds. The molecule has 6 heteroatoms. The Morgan fingerprint density at radius 2 is 2.20 bits per heavy atom. The lowest BCUT2D eigenvalue weighted by molar-refractivity contribution is -0.125. The lowest BCUT2D eigenvalue weighted by Gasteiger charge is -2.14. The molecule has 1 aromatic rings. The van der Waals surface area contributed by atoms with E-state index < -0.39 is 6.10 Å². The van der Waals surface area contributed by atoms with Crippen molar-refractivity contribution in [2.75, 3.05) is 46.2 Å². The summed E-state index contributed by atoms with van der Waals surface area (Å²) >= 11 is 0. The van der Waals surface area contributed by atoms with Gasteiger partial charge in [-0.3, -0.25) is 4.79 Å². The predicted octanol–water partition coefficient (Wildman–Crippen LogP) is 0.539. The van der Waals surface area contributed by atoms with Gasteiger partial charge in [0.1, 0.15) is 18.5 Å². The third kappa shape index (κ3) is 5.56. The molecular weight excluding hydrogens is 258 g/mol. The fourth-order valence-corrected chi connectivity index (χ4v) is 1.54. The summed E-state index contributed by atoms with van der Waals surface area (Å²) in [4.78, 5) is 13.9. The smallest absolute Gasteiger partial charge is 0.254 e. The molecule has 6 nitrogen and oxygen atoms in total. The molecule has 0 spiro atoms. The maximum atomic E-state index is 11.8. The van der Waals surface area contributed by atoms with Gasteiger partial charge < -0.3 is 25.4 Å². The van der Waals surface area contributed by atoms with Crippen molar-refractivity contribution in [2.45, 2.75) is 6.10 Å². The van der Waals surface area contributed by atoms with Crippen LogP contribution in [0.3, 0.4) is 0 Å². The number of ether oxygens (including phenoxy) is 2. The molecule has 0 saturated carbocycles. The van der Waals surface area contributed by atoms with Gasteiger partial charge in [-0.2, -0.15) is 0 Å². The Bertz CT molecular complexity index is 420. The number of nitrogens with one attached hydrogen (secondary N) is 1. The monoisotopic (exact) mass is 281 g/mol. The van der Waals surface area contributed by atoms with Crippen LogP contribution in [0.1, 0.15) is 0 Å². The van der Waals surface area contributed by atoms with Gasteiger partial charge in [0.05, 0.1) is 0 Å². The summed E-state index contributed by atoms with van der Waals surface area (Å²) in [5, 5.41) is 2.75. The second-order valence-corrected chi connectivity index (χ2v) is 4.63. The molecule has 0 heterocycles. The van der Waals surface area contributed by atoms with Crippen LogP contribution in [0.25, 0.3) is 0 Å². The number of anilines is 1. The normalized spacial score (nSPS) is 12.2. The highest BCUT2D eigenvalue weighted by atomic mass is 16.5. The molecule has 0 aliphatic heterocycles. The average molecular weight is 281 g/mol. The number of amides is 1. The summed E-state index contributed by atoms with van der Waals surface area (Å²) in [5.41, 5.74) is 6.11. The van der Waals surface area contributed by atoms with E-state index in [1.54, 1.807) is 12.1 Å². The summed E-state index contributed by atoms with van der Waals surface area (Å²) in [7, 11) is 5.42. The fourth-order valence-electron chi connectivity index (χ4n) is 1.54. The van der Waals surface area contributed by atoms with Gasteiger partial charge in [0, 0.05) is 32.0 Å². The third-order valence-corrected chi connectivity index (χ3v) is 2.70. The van der Waals surface area contributed by atoms with Gasteiger partial charge >= 0.3 is 0 Å². The fraction of sp³-hybridized carbons (Fsp3) is 0.500. The summed E-state index contributed by atoms with van der Waals surface area (Å²) in [5.74, 6) is 0.451. The lowest BCUT2D eigenvalue weighted by Crippen LogP contribution is -2.35. The van der Waals surface area contributed by atoms with E-state index in [1.165, 1.54) is 7.11 Å². The van der Waals surface area contributed by atoms with Gasteiger partial charge in [-0.1, -0.05) is 6.07 Å². The third-order valence-electron chi connectivity index (χ3n) is 2.70. The molecular formula is C14H23N3O3. The first-order valence-corrected chi connectivity index (χ1v) is 6.48. The van der Waals surface area contributed by atoms with E-state index >= 15 is 0 Å². The number of nitrogens with zero attached hydrogens (tertiary/aromatic N) is 1. The van der Waals surface area contributed by atoms with Crippen molar-refractivity contribution in [1.82, 2.24) is 4.90 Å². The molecule has 0 aliphatic rings. The van der Waals surface area contributed by atoms with Crippen LogP contribution >= 0.6 is 0 Å². The molecule has 0 aromatic heterocycles. The summed E-state index contributed by atoms with van der Waals surface area (Å²) < 4.78 is 10.6. The second kappa shape index (κ2) is 8.52. The Balaban J connectivity index is 2.57. The van der Waals surface area contributed by atoms with E-state index in [0.29, 0.717) is 18.0 Å². The standard InChI is InChI=1S/C14H23N3O3/c1-17(2)7-8-20-12-6-4-5-11(9-12)16-14(18)13(10-15)19-3/h4-6,9,13H,7-8,10,15H2,1-3H3,(H,16,18). The Hall–Kier alpha value is -1.63. The molecule has 20 heavy (non-hydrogen) atoms. The van der Waals surface area contributed by atoms with E-state index in [4.69, 9.17) is 15.2 Å². The van der Waals surface area contributed by atoms with Crippen molar-refractivity contribution in [2.24, 2.45) is 5.73 Å². The molecule has 0 radical (unpaired) electrons. The maximum absolute atomic E-state index is 11.8. The number of likely N-dealkylation sites (N-methyl/N-ethyl adjacent to an activating group) is 1. The second-order valence-electron chi connectivity index (χ2n) is 4.63. The highest BCUT2D eigenvalue weighted by molar-refractivity contribution is 5.94. The number of carbonyl (C=O) groups is 1. The van der Waals surface area contributed by atoms with Crippen molar-refractivity contribution in [3.05, 3.63) is 24.3 Å². The number of hydrogen-bond acceptors (Lipinski definition) is 5. The Morgan fingerprint density at radius 3 is 2.80 bits per heavy atom. The van der Waals surface area contributed by atoms with E-state index in [0.717, 1.165) is 6.54 Å². The first-order chi connectivity index (χ1) is 9.56. The molecule has 1 unspecified atom stereocenters. The SMILES string of the molecule is COC(CN)C(=O)Nc1cccc(OCCN(C)C)c1. The molecule has 3 N–H and O–H groups in total. The van der Waals surface area contributed by atoms with Crippen LogP contribution < -0.4 is 15.8 Å². The van der Waals surface area contributed by atoms with Crippen molar-refractivity contribution in [1.29, 1.82) is 0 Å². The minimum Gasteiger partial charge on any atom is -0.492 e. The Morgan fingerprint density at radius 1 is 1.45 bits per heavy atom. The van der Waals surface area contributed by atoms with E-state index in [-0.39, 0.29) is 12.5 Å². The zero-order chi connectivity index (χ0) is 15.0. The largest absolute Gasteiger partial charge is 0.492 e. The van der Waals surface area contributed by atoms with Crippen LogP contribution in [0.5, 0.6) is 5.75 Å². The molecule has 1 aromatic carbocycles. The molecule has 0 bridgehead atoms. The quantitative estimate of drug-likeness (QED) is 0.727. The number of hydrogen-bond donors (Lipinski definition) is 2. The number of benzene rings is 1. The molecule has 112 valence electrons. The topological polar surface area (TPSA) is 76.8 Å². The van der Waals surface area contributed by atoms with Gasteiger partial charge in [-0.25, -0.2) is 0 Å². The zero-order valence-electron chi connectivity index (χ0n) is 12.3. The summed E-state index contributed by atoms with van der Waals surface area (Å²) in [6.45, 7) is 1.56. The van der Waals surface area contributed by atoms with Gasteiger partial charge in [0.15, 0.2) is 0 Å². The van der Waals surface area contributed by atoms with Crippen LogP contribution in [-0.4, -0.2) is 57.8 Å². The van der Waals surface area contributed by atoms with Gasteiger partial charge in [-0.15, -0.1) is 0 Å². The van der Waals surface area contributed by atoms with Crippen LogP contribution in [0, 0.1) is 0 Å². The van der Waals surface area contributed by atoms with Crippen LogP contribution in [0.15, 0.2) is 24.3 Å². The summed E-state index contributed by atoms with van der Waals surface area (Å²) in [6.07, 6.45) is -0.645. The maximum Gasteiger partial charge on any atom is 0.254 e. The van der Waals surface area contributed by atoms with Crippen LogP contribution in [0.2, 0.25) is 0 Å². The molecule has 1 atom stereocenters. The predicted molar refractivity (Wildman–Crippen MR) is 79.0 cm³/mol. The average Bonchev–Trinajstić information content (AvgIpc) is 2.40. The first kappa shape index (κ1) is 16.4. The van der Waals surface area contributed by atoms with Crippen LogP contribution in [0.4, 0.5) is 5.69 Å². The highest BCUT2D eigenvalue weighted by Crippen LogP contribution is 2.17. The van der Waals surface area contributed by atoms with Gasteiger partial charge in [0.25, 0.3) is 5.91 Å². The van der Waals surface area contributed by atoms with Gasteiger partial charge in [0.2, 0.25) is 0 Å². The first-order valence-electron chi connectivity index (χ1n) is 6.48. The van der Waals surface area contributed by atoms with Crippen molar-refractivity contribution >= 4 is 11.6 Å². The number of methoxy groups -OCH3 is 1. The Labute approximate surface area is 119 Å². The van der Waals surface area contributed by atoms with E-state index in [2.05, 4.69) is 5.32 Å². The molecule has 0 saturated heterocycles. The van der Waals surface area contributed by atoms with E-state index in [1.807, 2.05) is 31.1 Å². The summed E-state index contributed by atoms with van der Waals surface area (Å²) in [6, 6.07) is 7.24. The minimum absolute atomic E-state index is 0.140. The molecule has 0 aliphatic carbocycles. The van der Waals surface area contributed by atoms with Crippen molar-refractivity contribution in [3.63, 3.8) is 0 Å². The molecule has 1 rings (SSSR count). The lowest BCUT2D eigenvalue weighted by atomic mass is 10.2. The number of rotatable bonds is 8. The highest BCUT2D eigenvalue weighted by Gasteiger charge is 2.15. The van der Waals surface area contributed by atoms with E-state index in [9.17, 15) is 4.79 Å². The Kier molecular flexibility index (Phi) is 7.00. The van der Waals surface area contributed by atoms with Gasteiger partial charge in [-0.05, 0) is 26.2 Å². The van der Waals surface area contributed by atoms with Crippen molar-refractivity contribution < 1.29 is 14.3 Å². The number of carbonyl (C=O) groups excluding carboxylic acids is 1. The zero-order valence-corrected chi connectivity index (χ0v) is 12.3. The minimum atomic E-state index is -0.645. The number of nitrogens with two attached hydrogens (primary N) is 1. The van der Waals surface area contributed by atoms with Crippen LogP contribution in [-0.2, 0) is 9.53 Å².